The van der Waals surface area contributed by atoms with E-state index in [9.17, 15) is 0 Å². The first-order chi connectivity index (χ1) is 7.76. The molecular weight excluding hydrogens is 200 g/mol. The number of nitrogens with one attached hydrogen (secondary N) is 1. The van der Waals surface area contributed by atoms with Gasteiger partial charge in [-0.25, -0.2) is 0 Å². The minimum atomic E-state index is 0.734. The van der Waals surface area contributed by atoms with E-state index in [2.05, 4.69) is 30.1 Å². The van der Waals surface area contributed by atoms with Gasteiger partial charge in [-0.05, 0) is 31.0 Å². The molecule has 0 bridgehead atoms. The molecule has 0 saturated carbocycles. The fourth-order valence-corrected chi connectivity index (χ4v) is 2.13. The van der Waals surface area contributed by atoms with Gasteiger partial charge in [-0.3, -0.25) is 4.90 Å². The van der Waals surface area contributed by atoms with E-state index >= 15 is 0 Å². The van der Waals surface area contributed by atoms with Crippen molar-refractivity contribution in [1.82, 2.24) is 10.2 Å². The maximum absolute atomic E-state index is 5.15. The van der Waals surface area contributed by atoms with Gasteiger partial charge in [-0.1, -0.05) is 19.9 Å². The van der Waals surface area contributed by atoms with E-state index in [0.717, 1.165) is 32.2 Å². The van der Waals surface area contributed by atoms with Gasteiger partial charge in [0.15, 0.2) is 0 Å². The second-order valence-corrected chi connectivity index (χ2v) is 4.72. The van der Waals surface area contributed by atoms with E-state index in [-0.39, 0.29) is 0 Å². The Morgan fingerprint density at radius 2 is 2.38 bits per heavy atom. The Balaban J connectivity index is 2.20. The summed E-state index contributed by atoms with van der Waals surface area (Å²) in [6, 6.07) is 0. The highest BCUT2D eigenvalue weighted by atomic mass is 16.5. The Bertz CT molecular complexity index is 216. The lowest BCUT2D eigenvalue weighted by atomic mass is 10.1. The van der Waals surface area contributed by atoms with Gasteiger partial charge in [0, 0.05) is 26.7 Å². The topological polar surface area (TPSA) is 24.5 Å². The van der Waals surface area contributed by atoms with Crippen LogP contribution >= 0.6 is 0 Å². The molecule has 1 atom stereocenters. The molecule has 0 fully saturated rings. The summed E-state index contributed by atoms with van der Waals surface area (Å²) >= 11 is 0. The maximum Gasteiger partial charge on any atom is 0.0673 e. The minimum Gasteiger partial charge on any atom is -0.380 e. The van der Waals surface area contributed by atoms with Crippen molar-refractivity contribution in [2.45, 2.75) is 20.3 Å². The third kappa shape index (κ3) is 5.10. The molecule has 0 aromatic rings. The second-order valence-electron chi connectivity index (χ2n) is 4.72. The number of rotatable bonds is 7. The molecule has 1 rings (SSSR count). The second kappa shape index (κ2) is 7.82. The summed E-state index contributed by atoms with van der Waals surface area (Å²) in [5.74, 6) is 0.734. The lowest BCUT2D eigenvalue weighted by molar-refractivity contribution is 0.205. The molecule has 1 aliphatic rings. The predicted octanol–water partition coefficient (Wildman–Crippen LogP) is 1.51. The number of hydrogen-bond acceptors (Lipinski definition) is 3. The molecule has 94 valence electrons. The van der Waals surface area contributed by atoms with Crippen LogP contribution in [0, 0.1) is 5.92 Å². The summed E-state index contributed by atoms with van der Waals surface area (Å²) in [7, 11) is 1.77. The first kappa shape index (κ1) is 13.7. The number of ether oxygens (including phenoxy) is 1. The van der Waals surface area contributed by atoms with E-state index in [1.165, 1.54) is 25.1 Å². The zero-order chi connectivity index (χ0) is 11.8. The van der Waals surface area contributed by atoms with Crippen LogP contribution in [0.2, 0.25) is 0 Å². The molecule has 0 aliphatic carbocycles. The Morgan fingerprint density at radius 1 is 1.56 bits per heavy atom. The van der Waals surface area contributed by atoms with E-state index in [1.807, 2.05) is 0 Å². The standard InChI is InChI=1S/C13H26N2O/c1-4-14-9-12(2)10-15-7-5-13(6-8-15)11-16-3/h5,12,14H,4,6-11H2,1-3H3. The highest BCUT2D eigenvalue weighted by molar-refractivity contribution is 5.07. The van der Waals surface area contributed by atoms with Gasteiger partial charge in [-0.2, -0.15) is 0 Å². The van der Waals surface area contributed by atoms with Crippen molar-refractivity contribution >= 4 is 0 Å². The van der Waals surface area contributed by atoms with E-state index in [0.29, 0.717) is 0 Å². The Kier molecular flexibility index (Phi) is 6.69. The summed E-state index contributed by atoms with van der Waals surface area (Å²) in [6.45, 7) is 11.0. The fourth-order valence-electron chi connectivity index (χ4n) is 2.13. The first-order valence-corrected chi connectivity index (χ1v) is 6.36. The molecule has 0 amide bonds. The van der Waals surface area contributed by atoms with Crippen LogP contribution in [-0.2, 0) is 4.74 Å². The third-order valence-corrected chi connectivity index (χ3v) is 3.03. The molecule has 1 N–H and O–H groups in total. The van der Waals surface area contributed by atoms with Crippen molar-refractivity contribution in [2.24, 2.45) is 5.92 Å². The van der Waals surface area contributed by atoms with Crippen LogP contribution < -0.4 is 5.32 Å². The fraction of sp³-hybridized carbons (Fsp3) is 0.846. The van der Waals surface area contributed by atoms with E-state index in [1.54, 1.807) is 7.11 Å². The molecule has 0 radical (unpaired) electrons. The van der Waals surface area contributed by atoms with E-state index < -0.39 is 0 Å². The monoisotopic (exact) mass is 226 g/mol. The minimum absolute atomic E-state index is 0.734. The zero-order valence-electron chi connectivity index (χ0n) is 11.0. The molecule has 0 saturated heterocycles. The van der Waals surface area contributed by atoms with Crippen molar-refractivity contribution < 1.29 is 4.74 Å². The molecule has 1 heterocycles. The van der Waals surface area contributed by atoms with Gasteiger partial charge < -0.3 is 10.1 Å². The summed E-state index contributed by atoms with van der Waals surface area (Å²) in [4.78, 5) is 2.53. The van der Waals surface area contributed by atoms with Crippen molar-refractivity contribution in [3.63, 3.8) is 0 Å². The number of nitrogens with zero attached hydrogens (tertiary/aromatic N) is 1. The van der Waals surface area contributed by atoms with Crippen LogP contribution in [0.25, 0.3) is 0 Å². The van der Waals surface area contributed by atoms with Gasteiger partial charge in [-0.15, -0.1) is 0 Å². The largest absolute Gasteiger partial charge is 0.380 e. The van der Waals surface area contributed by atoms with Crippen LogP contribution in [0.1, 0.15) is 20.3 Å². The Morgan fingerprint density at radius 3 is 2.94 bits per heavy atom. The third-order valence-electron chi connectivity index (χ3n) is 3.03. The number of methoxy groups -OCH3 is 1. The molecule has 0 aromatic heterocycles. The zero-order valence-corrected chi connectivity index (χ0v) is 11.0. The lowest BCUT2D eigenvalue weighted by Gasteiger charge is -2.28. The SMILES string of the molecule is CCNCC(C)CN1CC=C(COC)CC1. The van der Waals surface area contributed by atoms with Crippen molar-refractivity contribution in [3.05, 3.63) is 11.6 Å². The average molecular weight is 226 g/mol. The van der Waals surface area contributed by atoms with Crippen LogP contribution in [0.5, 0.6) is 0 Å². The summed E-state index contributed by atoms with van der Waals surface area (Å²) in [6.07, 6.45) is 3.49. The van der Waals surface area contributed by atoms with E-state index in [4.69, 9.17) is 4.74 Å². The van der Waals surface area contributed by atoms with Gasteiger partial charge >= 0.3 is 0 Å². The van der Waals surface area contributed by atoms with Crippen LogP contribution in [-0.4, -0.2) is 51.3 Å². The van der Waals surface area contributed by atoms with Crippen molar-refractivity contribution in [3.8, 4) is 0 Å². The predicted molar refractivity (Wildman–Crippen MR) is 68.7 cm³/mol. The molecule has 3 heteroatoms. The maximum atomic E-state index is 5.15. The molecule has 1 unspecified atom stereocenters. The average Bonchev–Trinajstić information content (AvgIpc) is 2.29. The van der Waals surface area contributed by atoms with Gasteiger partial charge in [0.05, 0.1) is 6.61 Å². The highest BCUT2D eigenvalue weighted by Crippen LogP contribution is 2.12. The molecule has 0 spiro atoms. The van der Waals surface area contributed by atoms with Crippen LogP contribution in [0.3, 0.4) is 0 Å². The van der Waals surface area contributed by atoms with Crippen LogP contribution in [0.15, 0.2) is 11.6 Å². The normalized spacial score (nSPS) is 19.6. The van der Waals surface area contributed by atoms with Crippen LogP contribution in [0.4, 0.5) is 0 Å². The smallest absolute Gasteiger partial charge is 0.0673 e. The molecule has 16 heavy (non-hydrogen) atoms. The Hall–Kier alpha value is -0.380. The highest BCUT2D eigenvalue weighted by Gasteiger charge is 2.13. The summed E-state index contributed by atoms with van der Waals surface area (Å²) in [5.41, 5.74) is 1.46. The van der Waals surface area contributed by atoms with Gasteiger partial charge in [0.2, 0.25) is 0 Å². The van der Waals surface area contributed by atoms with Gasteiger partial charge in [0.25, 0.3) is 0 Å². The van der Waals surface area contributed by atoms with Gasteiger partial charge in [0.1, 0.15) is 0 Å². The summed E-state index contributed by atoms with van der Waals surface area (Å²) in [5, 5.41) is 3.40. The lowest BCUT2D eigenvalue weighted by Crippen LogP contribution is -2.36. The summed E-state index contributed by atoms with van der Waals surface area (Å²) < 4.78 is 5.15. The first-order valence-electron chi connectivity index (χ1n) is 6.36. The van der Waals surface area contributed by atoms with Crippen molar-refractivity contribution in [2.75, 3.05) is 46.4 Å². The quantitative estimate of drug-likeness (QED) is 0.666. The Labute approximate surface area is 99.8 Å². The molecule has 0 aromatic carbocycles. The van der Waals surface area contributed by atoms with Crippen molar-refractivity contribution in [1.29, 1.82) is 0 Å². The molecule has 3 nitrogen and oxygen atoms in total. The molecule has 1 aliphatic heterocycles. The molecular formula is C13H26N2O. The number of hydrogen-bond donors (Lipinski definition) is 1.